The van der Waals surface area contributed by atoms with Crippen LogP contribution in [0.1, 0.15) is 19.3 Å². The maximum absolute atomic E-state index is 13.5. The standard InChI is InChI=1S/C13H21FN2O/c1-3-5-12(15-2)17-10-13-6-4-7-16(13)9-11(14)8-13/h3,5,11,15H,1,4,6-10H2,2H3/b12-5+/t11-,13+/m1/s1. The molecule has 0 saturated carbocycles. The molecule has 17 heavy (non-hydrogen) atoms. The van der Waals surface area contributed by atoms with Gasteiger partial charge in [0.15, 0.2) is 5.88 Å². The number of alkyl halides is 1. The van der Waals surface area contributed by atoms with Crippen LogP contribution in [0.15, 0.2) is 24.6 Å². The molecule has 0 spiro atoms. The summed E-state index contributed by atoms with van der Waals surface area (Å²) in [6, 6.07) is 0. The summed E-state index contributed by atoms with van der Waals surface area (Å²) in [5, 5.41) is 2.97. The molecule has 0 aliphatic carbocycles. The smallest absolute Gasteiger partial charge is 0.186 e. The quantitative estimate of drug-likeness (QED) is 0.586. The van der Waals surface area contributed by atoms with Gasteiger partial charge in [-0.05, 0) is 25.5 Å². The fraction of sp³-hybridized carbons (Fsp3) is 0.692. The molecule has 4 heteroatoms. The Morgan fingerprint density at radius 1 is 1.71 bits per heavy atom. The number of ether oxygens (including phenoxy) is 1. The molecule has 1 N–H and O–H groups in total. The molecule has 0 aromatic heterocycles. The van der Waals surface area contributed by atoms with Gasteiger partial charge >= 0.3 is 0 Å². The van der Waals surface area contributed by atoms with Crippen LogP contribution in [0.5, 0.6) is 0 Å². The minimum atomic E-state index is -0.694. The zero-order valence-electron chi connectivity index (χ0n) is 10.4. The van der Waals surface area contributed by atoms with E-state index >= 15 is 0 Å². The number of rotatable bonds is 5. The van der Waals surface area contributed by atoms with E-state index in [1.165, 1.54) is 0 Å². The van der Waals surface area contributed by atoms with Gasteiger partial charge in [-0.2, -0.15) is 0 Å². The second-order valence-corrected chi connectivity index (χ2v) is 4.88. The van der Waals surface area contributed by atoms with E-state index < -0.39 is 6.17 Å². The van der Waals surface area contributed by atoms with Gasteiger partial charge in [0.2, 0.25) is 0 Å². The normalized spacial score (nSPS) is 33.5. The van der Waals surface area contributed by atoms with E-state index in [1.807, 2.05) is 7.05 Å². The van der Waals surface area contributed by atoms with Crippen molar-refractivity contribution in [3.05, 3.63) is 24.6 Å². The van der Waals surface area contributed by atoms with Crippen LogP contribution in [0.4, 0.5) is 4.39 Å². The fourth-order valence-corrected chi connectivity index (χ4v) is 2.97. The summed E-state index contributed by atoms with van der Waals surface area (Å²) in [5.41, 5.74) is -0.0729. The van der Waals surface area contributed by atoms with Crippen molar-refractivity contribution in [1.29, 1.82) is 0 Å². The van der Waals surface area contributed by atoms with Crippen LogP contribution in [-0.2, 0) is 4.74 Å². The Labute approximate surface area is 102 Å². The van der Waals surface area contributed by atoms with Crippen LogP contribution in [0.2, 0.25) is 0 Å². The van der Waals surface area contributed by atoms with Crippen LogP contribution in [-0.4, -0.2) is 43.4 Å². The molecule has 0 aromatic rings. The lowest BCUT2D eigenvalue weighted by molar-refractivity contribution is 0.0664. The Balaban J connectivity index is 1.97. The highest BCUT2D eigenvalue weighted by Crippen LogP contribution is 2.40. The average Bonchev–Trinajstić information content (AvgIpc) is 2.80. The SMILES string of the molecule is C=C/C=C(\NC)OC[C@@]12CCCN1C[C@H](F)C2. The highest BCUT2D eigenvalue weighted by molar-refractivity contribution is 5.06. The third-order valence-electron chi connectivity index (χ3n) is 3.77. The first-order valence-electron chi connectivity index (χ1n) is 6.22. The van der Waals surface area contributed by atoms with Crippen molar-refractivity contribution in [2.45, 2.75) is 31.0 Å². The van der Waals surface area contributed by atoms with Crippen LogP contribution in [0.25, 0.3) is 0 Å². The van der Waals surface area contributed by atoms with Gasteiger partial charge in [0.05, 0.1) is 5.54 Å². The van der Waals surface area contributed by atoms with Gasteiger partial charge in [-0.1, -0.05) is 12.7 Å². The number of fused-ring (bicyclic) bond motifs is 1. The molecule has 0 aromatic carbocycles. The van der Waals surface area contributed by atoms with Crippen molar-refractivity contribution >= 4 is 0 Å². The van der Waals surface area contributed by atoms with Gasteiger partial charge in [-0.25, -0.2) is 4.39 Å². The van der Waals surface area contributed by atoms with E-state index in [2.05, 4.69) is 16.8 Å². The molecule has 2 heterocycles. The summed E-state index contributed by atoms with van der Waals surface area (Å²) >= 11 is 0. The van der Waals surface area contributed by atoms with Gasteiger partial charge in [0.25, 0.3) is 0 Å². The molecule has 2 atom stereocenters. The molecular weight excluding hydrogens is 219 g/mol. The molecule has 2 aliphatic rings. The van der Waals surface area contributed by atoms with Gasteiger partial charge in [0.1, 0.15) is 12.8 Å². The van der Waals surface area contributed by atoms with E-state index in [0.29, 0.717) is 25.5 Å². The van der Waals surface area contributed by atoms with Crippen LogP contribution in [0, 0.1) is 0 Å². The number of hydrogen-bond donors (Lipinski definition) is 1. The second kappa shape index (κ2) is 5.08. The first kappa shape index (κ1) is 12.4. The van der Waals surface area contributed by atoms with E-state index in [-0.39, 0.29) is 5.54 Å². The number of nitrogens with zero attached hydrogens (tertiary/aromatic N) is 1. The molecule has 2 saturated heterocycles. The van der Waals surface area contributed by atoms with Crippen molar-refractivity contribution in [3.8, 4) is 0 Å². The van der Waals surface area contributed by atoms with Crippen LogP contribution < -0.4 is 5.32 Å². The van der Waals surface area contributed by atoms with E-state index in [9.17, 15) is 4.39 Å². The Hall–Kier alpha value is -1.03. The number of halogens is 1. The summed E-state index contributed by atoms with van der Waals surface area (Å²) < 4.78 is 19.2. The first-order chi connectivity index (χ1) is 8.20. The Morgan fingerprint density at radius 2 is 2.53 bits per heavy atom. The topological polar surface area (TPSA) is 24.5 Å². The largest absolute Gasteiger partial charge is 0.477 e. The Morgan fingerprint density at radius 3 is 3.24 bits per heavy atom. The highest BCUT2D eigenvalue weighted by atomic mass is 19.1. The van der Waals surface area contributed by atoms with Gasteiger partial charge in [-0.3, -0.25) is 4.90 Å². The summed E-state index contributed by atoms with van der Waals surface area (Å²) in [4.78, 5) is 2.25. The van der Waals surface area contributed by atoms with Gasteiger partial charge < -0.3 is 10.1 Å². The van der Waals surface area contributed by atoms with E-state index in [4.69, 9.17) is 4.74 Å². The molecule has 3 nitrogen and oxygen atoms in total. The summed E-state index contributed by atoms with van der Waals surface area (Å²) in [6.45, 7) is 5.78. The number of nitrogens with one attached hydrogen (secondary N) is 1. The molecular formula is C13H21FN2O. The van der Waals surface area contributed by atoms with Crippen LogP contribution in [0.3, 0.4) is 0 Å². The monoisotopic (exact) mass is 240 g/mol. The summed E-state index contributed by atoms with van der Waals surface area (Å²) in [6.07, 6.45) is 5.58. The van der Waals surface area contributed by atoms with Crippen molar-refractivity contribution in [2.75, 3.05) is 26.7 Å². The molecule has 0 radical (unpaired) electrons. The first-order valence-corrected chi connectivity index (χ1v) is 6.22. The lowest BCUT2D eigenvalue weighted by Gasteiger charge is -2.31. The maximum atomic E-state index is 13.5. The van der Waals surface area contributed by atoms with E-state index in [1.54, 1.807) is 12.2 Å². The molecule has 96 valence electrons. The molecule has 2 aliphatic heterocycles. The minimum absolute atomic E-state index is 0.0729. The predicted octanol–water partition coefficient (Wildman–Crippen LogP) is 1.83. The predicted molar refractivity (Wildman–Crippen MR) is 66.3 cm³/mol. The molecule has 0 unspecified atom stereocenters. The van der Waals surface area contributed by atoms with Crippen molar-refractivity contribution < 1.29 is 9.13 Å². The third kappa shape index (κ3) is 2.46. The van der Waals surface area contributed by atoms with Gasteiger partial charge in [0, 0.05) is 20.0 Å². The minimum Gasteiger partial charge on any atom is -0.477 e. The van der Waals surface area contributed by atoms with E-state index in [0.717, 1.165) is 19.4 Å². The Bertz CT molecular complexity index is 319. The Kier molecular flexibility index (Phi) is 3.72. The maximum Gasteiger partial charge on any atom is 0.186 e. The zero-order chi connectivity index (χ0) is 12.3. The van der Waals surface area contributed by atoms with Crippen molar-refractivity contribution in [3.63, 3.8) is 0 Å². The lowest BCUT2D eigenvalue weighted by Crippen LogP contribution is -2.42. The molecule has 2 fully saturated rings. The van der Waals surface area contributed by atoms with Crippen molar-refractivity contribution in [2.24, 2.45) is 0 Å². The second-order valence-electron chi connectivity index (χ2n) is 4.88. The molecule has 0 bridgehead atoms. The van der Waals surface area contributed by atoms with Gasteiger partial charge in [-0.15, -0.1) is 0 Å². The van der Waals surface area contributed by atoms with Crippen LogP contribution >= 0.6 is 0 Å². The summed E-state index contributed by atoms with van der Waals surface area (Å²) in [7, 11) is 1.81. The zero-order valence-corrected chi connectivity index (χ0v) is 10.4. The molecule has 0 amide bonds. The molecule has 2 rings (SSSR count). The average molecular weight is 240 g/mol. The number of hydrogen-bond acceptors (Lipinski definition) is 3. The van der Waals surface area contributed by atoms with Crippen molar-refractivity contribution in [1.82, 2.24) is 10.2 Å². The third-order valence-corrected chi connectivity index (χ3v) is 3.77. The lowest BCUT2D eigenvalue weighted by atomic mass is 9.95. The highest BCUT2D eigenvalue weighted by Gasteiger charge is 2.49. The summed E-state index contributed by atoms with van der Waals surface area (Å²) in [5.74, 6) is 0.698. The number of allylic oxidation sites excluding steroid dienone is 2. The fourth-order valence-electron chi connectivity index (χ4n) is 2.97.